The van der Waals surface area contributed by atoms with Crippen molar-refractivity contribution in [3.8, 4) is 0 Å². The maximum absolute atomic E-state index is 11.2. The Balaban J connectivity index is 2.58. The van der Waals surface area contributed by atoms with E-state index >= 15 is 0 Å². The molecule has 2 heteroatoms. The van der Waals surface area contributed by atoms with Crippen molar-refractivity contribution in [2.45, 2.75) is 33.1 Å². The highest BCUT2D eigenvalue weighted by Crippen LogP contribution is 2.26. The zero-order valence-corrected chi connectivity index (χ0v) is 7.55. The maximum atomic E-state index is 11.2. The van der Waals surface area contributed by atoms with Crippen molar-refractivity contribution in [3.05, 3.63) is 23.0 Å². The predicted molar refractivity (Wildman–Crippen MR) is 47.5 cm³/mol. The van der Waals surface area contributed by atoms with Crippen LogP contribution in [0.2, 0.25) is 0 Å². The number of aryl methyl sites for hydroxylation is 1. The lowest BCUT2D eigenvalue weighted by atomic mass is 10.2. The van der Waals surface area contributed by atoms with Gasteiger partial charge in [-0.1, -0.05) is 0 Å². The fraction of sp³-hybridized carbons (Fsp3) is 0.500. The second-order valence-electron chi connectivity index (χ2n) is 3.48. The first-order valence-electron chi connectivity index (χ1n) is 4.41. The zero-order chi connectivity index (χ0) is 8.72. The van der Waals surface area contributed by atoms with Gasteiger partial charge in [0.25, 0.3) is 0 Å². The van der Waals surface area contributed by atoms with Gasteiger partial charge >= 0.3 is 0 Å². The van der Waals surface area contributed by atoms with Gasteiger partial charge in [-0.25, -0.2) is 0 Å². The second kappa shape index (κ2) is 2.47. The number of hydrogen-bond donors (Lipinski definition) is 0. The Kier molecular flexibility index (Phi) is 1.56. The van der Waals surface area contributed by atoms with E-state index in [1.165, 1.54) is 23.2 Å². The summed E-state index contributed by atoms with van der Waals surface area (Å²) < 4.78 is 1.80. The van der Waals surface area contributed by atoms with Gasteiger partial charge in [-0.15, -0.1) is 0 Å². The average Bonchev–Trinajstić information content (AvgIpc) is 2.53. The molecular weight excluding hydrogens is 150 g/mol. The molecule has 1 aromatic rings. The molecule has 2 rings (SSSR count). The Morgan fingerprint density at radius 1 is 1.50 bits per heavy atom. The Morgan fingerprint density at radius 2 is 2.25 bits per heavy atom. The predicted octanol–water partition coefficient (Wildman–Crippen LogP) is 1.95. The molecule has 0 N–H and O–H groups in total. The molecule has 0 atom stereocenters. The van der Waals surface area contributed by atoms with Crippen LogP contribution in [0.1, 0.15) is 35.0 Å². The molecule has 0 aromatic carbocycles. The fourth-order valence-corrected chi connectivity index (χ4v) is 2.05. The molecule has 0 spiro atoms. The second-order valence-corrected chi connectivity index (χ2v) is 3.48. The van der Waals surface area contributed by atoms with Crippen molar-refractivity contribution >= 4 is 5.91 Å². The van der Waals surface area contributed by atoms with Crippen LogP contribution in [0.15, 0.2) is 6.20 Å². The van der Waals surface area contributed by atoms with Crippen LogP contribution in [0.5, 0.6) is 0 Å². The van der Waals surface area contributed by atoms with Gasteiger partial charge in [0.1, 0.15) is 0 Å². The van der Waals surface area contributed by atoms with Gasteiger partial charge in [-0.2, -0.15) is 0 Å². The summed E-state index contributed by atoms with van der Waals surface area (Å²) in [7, 11) is 0. The highest BCUT2D eigenvalue weighted by molar-refractivity contribution is 5.78. The van der Waals surface area contributed by atoms with Crippen LogP contribution in [-0.4, -0.2) is 10.5 Å². The van der Waals surface area contributed by atoms with Crippen molar-refractivity contribution in [2.75, 3.05) is 0 Å². The van der Waals surface area contributed by atoms with Crippen molar-refractivity contribution < 1.29 is 4.79 Å². The molecule has 12 heavy (non-hydrogen) atoms. The molecule has 0 saturated carbocycles. The van der Waals surface area contributed by atoms with Gasteiger partial charge in [0.2, 0.25) is 5.91 Å². The summed E-state index contributed by atoms with van der Waals surface area (Å²) in [5, 5.41) is 0. The van der Waals surface area contributed by atoms with Crippen molar-refractivity contribution in [2.24, 2.45) is 0 Å². The molecule has 0 amide bonds. The van der Waals surface area contributed by atoms with Crippen molar-refractivity contribution in [1.82, 2.24) is 4.57 Å². The maximum Gasteiger partial charge on any atom is 0.227 e. The van der Waals surface area contributed by atoms with Crippen LogP contribution < -0.4 is 0 Å². The number of nitrogens with zero attached hydrogens (tertiary/aromatic N) is 1. The Morgan fingerprint density at radius 3 is 2.92 bits per heavy atom. The van der Waals surface area contributed by atoms with Gasteiger partial charge < -0.3 is 0 Å². The molecule has 1 aliphatic carbocycles. The summed E-state index contributed by atoms with van der Waals surface area (Å²) in [4.78, 5) is 11.2. The van der Waals surface area contributed by atoms with Crippen molar-refractivity contribution in [1.29, 1.82) is 0 Å². The van der Waals surface area contributed by atoms with Gasteiger partial charge in [0.05, 0.1) is 0 Å². The molecule has 0 radical (unpaired) electrons. The summed E-state index contributed by atoms with van der Waals surface area (Å²) >= 11 is 0. The van der Waals surface area contributed by atoms with Crippen LogP contribution in [0.3, 0.4) is 0 Å². The summed E-state index contributed by atoms with van der Waals surface area (Å²) in [6, 6.07) is 0. The first-order valence-corrected chi connectivity index (χ1v) is 4.41. The van der Waals surface area contributed by atoms with E-state index in [0.717, 1.165) is 12.8 Å². The topological polar surface area (TPSA) is 22.0 Å². The summed E-state index contributed by atoms with van der Waals surface area (Å²) in [6.45, 7) is 3.71. The van der Waals surface area contributed by atoms with E-state index in [-0.39, 0.29) is 5.91 Å². The molecule has 0 saturated heterocycles. The van der Waals surface area contributed by atoms with Gasteiger partial charge in [0.15, 0.2) is 0 Å². The molecule has 0 aliphatic heterocycles. The van der Waals surface area contributed by atoms with Crippen LogP contribution in [-0.2, 0) is 12.8 Å². The lowest BCUT2D eigenvalue weighted by Crippen LogP contribution is -2.07. The molecule has 2 nitrogen and oxygen atoms in total. The van der Waals surface area contributed by atoms with E-state index in [4.69, 9.17) is 0 Å². The molecule has 1 aromatic heterocycles. The van der Waals surface area contributed by atoms with Crippen LogP contribution in [0.4, 0.5) is 0 Å². The standard InChI is InChI=1S/C10H13NO/c1-7-6-11(8(2)12)10-5-3-4-9(7)10/h6H,3-5H2,1-2H3. The molecule has 1 aliphatic rings. The van der Waals surface area contributed by atoms with E-state index in [1.54, 1.807) is 11.5 Å². The Hall–Kier alpha value is -1.05. The van der Waals surface area contributed by atoms with Gasteiger partial charge in [-0.05, 0) is 37.3 Å². The number of aromatic nitrogens is 1. The van der Waals surface area contributed by atoms with Crippen LogP contribution in [0, 0.1) is 6.92 Å². The van der Waals surface area contributed by atoms with E-state index in [1.807, 2.05) is 6.20 Å². The van der Waals surface area contributed by atoms with E-state index in [9.17, 15) is 4.79 Å². The molecule has 64 valence electrons. The van der Waals surface area contributed by atoms with Crippen LogP contribution >= 0.6 is 0 Å². The highest BCUT2D eigenvalue weighted by Gasteiger charge is 2.19. The largest absolute Gasteiger partial charge is 0.291 e. The summed E-state index contributed by atoms with van der Waals surface area (Å²) in [5.41, 5.74) is 3.93. The third-order valence-electron chi connectivity index (χ3n) is 2.62. The minimum atomic E-state index is 0.140. The normalized spacial score (nSPS) is 14.8. The molecule has 0 fully saturated rings. The lowest BCUT2D eigenvalue weighted by molar-refractivity contribution is 0.0934. The zero-order valence-electron chi connectivity index (χ0n) is 7.55. The average molecular weight is 163 g/mol. The van der Waals surface area contributed by atoms with Crippen LogP contribution in [0.25, 0.3) is 0 Å². The van der Waals surface area contributed by atoms with Crippen molar-refractivity contribution in [3.63, 3.8) is 0 Å². The molecule has 0 bridgehead atoms. The molecule has 1 heterocycles. The van der Waals surface area contributed by atoms with E-state index < -0.39 is 0 Å². The van der Waals surface area contributed by atoms with E-state index in [0.29, 0.717) is 0 Å². The number of hydrogen-bond acceptors (Lipinski definition) is 1. The van der Waals surface area contributed by atoms with E-state index in [2.05, 4.69) is 6.92 Å². The molecular formula is C10H13NO. The number of rotatable bonds is 0. The summed E-state index contributed by atoms with van der Waals surface area (Å²) in [5.74, 6) is 0.140. The Labute approximate surface area is 72.2 Å². The lowest BCUT2D eigenvalue weighted by Gasteiger charge is -1.99. The monoisotopic (exact) mass is 163 g/mol. The third-order valence-corrected chi connectivity index (χ3v) is 2.62. The highest BCUT2D eigenvalue weighted by atomic mass is 16.1. The first-order chi connectivity index (χ1) is 5.70. The Bertz CT molecular complexity index is 336. The number of carbonyl (C=O) groups excluding carboxylic acids is 1. The number of fused-ring (bicyclic) bond motifs is 1. The van der Waals surface area contributed by atoms with Gasteiger partial charge in [0, 0.05) is 18.8 Å². The smallest absolute Gasteiger partial charge is 0.227 e. The third kappa shape index (κ3) is 0.909. The summed E-state index contributed by atoms with van der Waals surface area (Å²) in [6.07, 6.45) is 5.40. The first kappa shape index (κ1) is 7.59. The SMILES string of the molecule is CC(=O)n1cc(C)c2c1CCC2. The fourth-order valence-electron chi connectivity index (χ4n) is 2.05. The molecule has 0 unspecified atom stereocenters. The minimum Gasteiger partial charge on any atom is -0.291 e. The number of carbonyl (C=O) groups is 1. The van der Waals surface area contributed by atoms with Gasteiger partial charge in [-0.3, -0.25) is 9.36 Å². The minimum absolute atomic E-state index is 0.140. The quantitative estimate of drug-likeness (QED) is 0.573.